The average Bonchev–Trinajstić information content (AvgIpc) is 2.53. The lowest BCUT2D eigenvalue weighted by atomic mass is 10.2. The van der Waals surface area contributed by atoms with Gasteiger partial charge in [-0.2, -0.15) is 0 Å². The Morgan fingerprint density at radius 1 is 1.23 bits per heavy atom. The number of nitrogens with zero attached hydrogens (tertiary/aromatic N) is 1. The van der Waals surface area contributed by atoms with Gasteiger partial charge in [0.25, 0.3) is 5.91 Å². The van der Waals surface area contributed by atoms with E-state index in [2.05, 4.69) is 22.2 Å². The van der Waals surface area contributed by atoms with Crippen LogP contribution in [0.5, 0.6) is 0 Å². The number of benzene rings is 1. The van der Waals surface area contributed by atoms with Gasteiger partial charge < -0.3 is 10.6 Å². The summed E-state index contributed by atoms with van der Waals surface area (Å²) in [4.78, 5) is 15.9. The van der Waals surface area contributed by atoms with E-state index in [1.54, 1.807) is 6.08 Å². The zero-order valence-corrected chi connectivity index (χ0v) is 11.4. The van der Waals surface area contributed by atoms with Crippen LogP contribution in [0.25, 0.3) is 0 Å². The molecule has 0 unspecified atom stereocenters. The van der Waals surface area contributed by atoms with Crippen molar-refractivity contribution >= 4 is 17.3 Å². The summed E-state index contributed by atoms with van der Waals surface area (Å²) in [5, 5.41) is 5.11. The zero-order valence-electron chi connectivity index (χ0n) is 11.4. The highest BCUT2D eigenvalue weighted by atomic mass is 19.2. The molecule has 1 aromatic carbocycles. The van der Waals surface area contributed by atoms with E-state index in [-0.39, 0.29) is 5.56 Å². The Morgan fingerprint density at radius 3 is 2.73 bits per heavy atom. The highest BCUT2D eigenvalue weighted by Crippen LogP contribution is 2.20. The number of aromatic nitrogens is 1. The van der Waals surface area contributed by atoms with Gasteiger partial charge in [-0.15, -0.1) is 6.58 Å². The van der Waals surface area contributed by atoms with Crippen molar-refractivity contribution < 1.29 is 18.0 Å². The first-order valence-corrected chi connectivity index (χ1v) is 6.27. The topological polar surface area (TPSA) is 54.0 Å². The number of nitrogens with one attached hydrogen (secondary N) is 2. The molecule has 2 aromatic rings. The third kappa shape index (κ3) is 3.43. The molecule has 0 fully saturated rings. The third-order valence-corrected chi connectivity index (χ3v) is 2.73. The first kappa shape index (κ1) is 15.6. The van der Waals surface area contributed by atoms with Crippen LogP contribution in [0.2, 0.25) is 0 Å². The molecule has 22 heavy (non-hydrogen) atoms. The molecule has 0 aliphatic rings. The number of rotatable bonds is 5. The van der Waals surface area contributed by atoms with E-state index in [1.807, 2.05) is 0 Å². The molecule has 0 aliphatic heterocycles. The van der Waals surface area contributed by atoms with E-state index in [0.717, 1.165) is 12.1 Å². The van der Waals surface area contributed by atoms with Crippen molar-refractivity contribution in [2.75, 3.05) is 17.2 Å². The number of pyridine rings is 1. The summed E-state index contributed by atoms with van der Waals surface area (Å²) in [6.45, 7) is 4.02. The van der Waals surface area contributed by atoms with Crippen LogP contribution in [0.4, 0.5) is 24.5 Å². The van der Waals surface area contributed by atoms with Crippen molar-refractivity contribution in [1.82, 2.24) is 4.98 Å². The molecule has 0 saturated heterocycles. The van der Waals surface area contributed by atoms with Crippen LogP contribution in [0.15, 0.2) is 43.2 Å². The Bertz CT molecular complexity index is 719. The lowest BCUT2D eigenvalue weighted by molar-refractivity contribution is 0.102. The van der Waals surface area contributed by atoms with Gasteiger partial charge in [0.1, 0.15) is 0 Å². The molecular weight excluding hydrogens is 295 g/mol. The molecule has 0 atom stereocenters. The fourth-order valence-corrected chi connectivity index (χ4v) is 1.67. The molecule has 2 rings (SSSR count). The van der Waals surface area contributed by atoms with Crippen LogP contribution in [-0.4, -0.2) is 17.4 Å². The summed E-state index contributed by atoms with van der Waals surface area (Å²) in [7, 11) is 0. The Kier molecular flexibility index (Phi) is 4.77. The summed E-state index contributed by atoms with van der Waals surface area (Å²) in [6.07, 6.45) is 4.40. The van der Waals surface area contributed by atoms with Crippen LogP contribution >= 0.6 is 0 Å². The average molecular weight is 307 g/mol. The maximum absolute atomic E-state index is 13.5. The lowest BCUT2D eigenvalue weighted by Crippen LogP contribution is -2.14. The standard InChI is InChI=1S/C15H12F3N3O/c1-2-5-20-10-6-9(7-19-8-10)15(22)21-12-4-3-11(16)13(17)14(12)18/h2-4,6-8,20H,1,5H2,(H,21,22). The van der Waals surface area contributed by atoms with Crippen LogP contribution in [0.1, 0.15) is 10.4 Å². The van der Waals surface area contributed by atoms with Gasteiger partial charge in [0.15, 0.2) is 17.5 Å². The maximum Gasteiger partial charge on any atom is 0.257 e. The molecule has 0 radical (unpaired) electrons. The van der Waals surface area contributed by atoms with Gasteiger partial charge in [-0.25, -0.2) is 13.2 Å². The second kappa shape index (κ2) is 6.75. The van der Waals surface area contributed by atoms with Gasteiger partial charge in [0.05, 0.1) is 16.9 Å². The van der Waals surface area contributed by atoms with Crippen molar-refractivity contribution in [3.05, 3.63) is 66.3 Å². The number of carbonyl (C=O) groups is 1. The molecule has 7 heteroatoms. The SMILES string of the molecule is C=CCNc1cncc(C(=O)Nc2ccc(F)c(F)c2F)c1. The zero-order chi connectivity index (χ0) is 16.1. The van der Waals surface area contributed by atoms with E-state index < -0.39 is 29.0 Å². The van der Waals surface area contributed by atoms with Crippen LogP contribution in [0.3, 0.4) is 0 Å². The van der Waals surface area contributed by atoms with Crippen molar-refractivity contribution in [3.8, 4) is 0 Å². The van der Waals surface area contributed by atoms with Crippen molar-refractivity contribution in [2.24, 2.45) is 0 Å². The first-order chi connectivity index (χ1) is 10.5. The summed E-state index contributed by atoms with van der Waals surface area (Å²) < 4.78 is 39.5. The van der Waals surface area contributed by atoms with Crippen molar-refractivity contribution in [3.63, 3.8) is 0 Å². The van der Waals surface area contributed by atoms with Gasteiger partial charge in [0.2, 0.25) is 0 Å². The largest absolute Gasteiger partial charge is 0.380 e. The highest BCUT2D eigenvalue weighted by molar-refractivity contribution is 6.04. The molecule has 1 heterocycles. The molecule has 1 aromatic heterocycles. The molecule has 4 nitrogen and oxygen atoms in total. The van der Waals surface area contributed by atoms with Crippen LogP contribution in [-0.2, 0) is 0 Å². The number of amides is 1. The van der Waals surface area contributed by atoms with Crippen molar-refractivity contribution in [2.45, 2.75) is 0 Å². The minimum Gasteiger partial charge on any atom is -0.380 e. The lowest BCUT2D eigenvalue weighted by Gasteiger charge is -2.08. The van der Waals surface area contributed by atoms with Gasteiger partial charge >= 0.3 is 0 Å². The number of anilines is 2. The molecule has 0 bridgehead atoms. The predicted octanol–water partition coefficient (Wildman–Crippen LogP) is 3.35. The van der Waals surface area contributed by atoms with Gasteiger partial charge in [-0.05, 0) is 18.2 Å². The highest BCUT2D eigenvalue weighted by Gasteiger charge is 2.16. The van der Waals surface area contributed by atoms with Gasteiger partial charge in [0, 0.05) is 18.9 Å². The Labute approximate surface area is 124 Å². The number of hydrogen-bond acceptors (Lipinski definition) is 3. The molecule has 0 aliphatic carbocycles. The fourth-order valence-electron chi connectivity index (χ4n) is 1.67. The minimum atomic E-state index is -1.64. The van der Waals surface area contributed by atoms with E-state index in [9.17, 15) is 18.0 Å². The summed E-state index contributed by atoms with van der Waals surface area (Å²) in [6, 6.07) is 3.16. The van der Waals surface area contributed by atoms with Crippen LogP contribution in [0, 0.1) is 17.5 Å². The van der Waals surface area contributed by atoms with E-state index >= 15 is 0 Å². The van der Waals surface area contributed by atoms with Crippen molar-refractivity contribution in [1.29, 1.82) is 0 Å². The van der Waals surface area contributed by atoms with E-state index in [0.29, 0.717) is 12.2 Å². The molecular formula is C15H12F3N3O. The molecule has 1 amide bonds. The molecule has 0 saturated carbocycles. The third-order valence-electron chi connectivity index (χ3n) is 2.73. The molecule has 0 spiro atoms. The Hall–Kier alpha value is -2.83. The first-order valence-electron chi connectivity index (χ1n) is 6.27. The van der Waals surface area contributed by atoms with Gasteiger partial charge in [-0.3, -0.25) is 9.78 Å². The Balaban J connectivity index is 2.19. The van der Waals surface area contributed by atoms with Crippen LogP contribution < -0.4 is 10.6 Å². The molecule has 2 N–H and O–H groups in total. The number of hydrogen-bond donors (Lipinski definition) is 2. The predicted molar refractivity (Wildman–Crippen MR) is 77.2 cm³/mol. The smallest absolute Gasteiger partial charge is 0.257 e. The normalized spacial score (nSPS) is 10.1. The number of carbonyl (C=O) groups excluding carboxylic acids is 1. The summed E-state index contributed by atoms with van der Waals surface area (Å²) in [5.41, 5.74) is 0.254. The number of halogens is 3. The second-order valence-corrected chi connectivity index (χ2v) is 4.31. The minimum absolute atomic E-state index is 0.137. The fraction of sp³-hybridized carbons (Fsp3) is 0.0667. The van der Waals surface area contributed by atoms with E-state index in [1.165, 1.54) is 18.5 Å². The van der Waals surface area contributed by atoms with E-state index in [4.69, 9.17) is 0 Å². The summed E-state index contributed by atoms with van der Waals surface area (Å²) >= 11 is 0. The van der Waals surface area contributed by atoms with Gasteiger partial charge in [-0.1, -0.05) is 6.08 Å². The second-order valence-electron chi connectivity index (χ2n) is 4.31. The maximum atomic E-state index is 13.5. The Morgan fingerprint density at radius 2 is 2.00 bits per heavy atom. The summed E-state index contributed by atoms with van der Waals surface area (Å²) in [5.74, 6) is -5.12. The monoisotopic (exact) mass is 307 g/mol. The molecule has 114 valence electrons. The quantitative estimate of drug-likeness (QED) is 0.658.